The average molecular weight is 473 g/mol. The van der Waals surface area contributed by atoms with Crippen LogP contribution >= 0.6 is 0 Å². The van der Waals surface area contributed by atoms with Crippen LogP contribution in [-0.4, -0.2) is 54.1 Å². The molecule has 6 nitrogen and oxygen atoms in total. The second-order valence-electron chi connectivity index (χ2n) is 8.26. The molecule has 1 fully saturated rings. The number of nitrogens with zero attached hydrogens (tertiary/aromatic N) is 3. The third-order valence-electron chi connectivity index (χ3n) is 6.25. The molecule has 1 aliphatic heterocycles. The van der Waals surface area contributed by atoms with Gasteiger partial charge in [0.2, 0.25) is 0 Å². The maximum Gasteiger partial charge on any atom is 0.471 e. The summed E-state index contributed by atoms with van der Waals surface area (Å²) < 4.78 is 50.9. The largest absolute Gasteiger partial charge is 0.497 e. The molecular formula is C25H26F3N3O3. The second kappa shape index (κ2) is 9.40. The molecule has 0 unspecified atom stereocenters. The van der Waals surface area contributed by atoms with Gasteiger partial charge in [0.05, 0.1) is 31.3 Å². The zero-order valence-electron chi connectivity index (χ0n) is 19.2. The number of hydrogen-bond acceptors (Lipinski definition) is 4. The molecule has 1 aromatic heterocycles. The van der Waals surface area contributed by atoms with Crippen molar-refractivity contribution < 1.29 is 27.4 Å². The lowest BCUT2D eigenvalue weighted by Crippen LogP contribution is -2.45. The minimum Gasteiger partial charge on any atom is -0.497 e. The summed E-state index contributed by atoms with van der Waals surface area (Å²) in [5, 5.41) is 4.92. The minimum absolute atomic E-state index is 0.0474. The standard InChI is InChI=1S/C25H26F3N3O3/c1-16-22(17-12-14-30(15-13-17)24(32)25(26,27)28)29-31(19-6-10-21(34-3)11-7-19)23(16)18-4-8-20(33-2)9-5-18/h4-11,17H,12-15H2,1-3H3. The topological polar surface area (TPSA) is 56.6 Å². The van der Waals surface area contributed by atoms with Crippen molar-refractivity contribution in [2.45, 2.75) is 31.9 Å². The van der Waals surface area contributed by atoms with Crippen molar-refractivity contribution in [3.63, 3.8) is 0 Å². The monoisotopic (exact) mass is 473 g/mol. The number of aromatic nitrogens is 2. The van der Waals surface area contributed by atoms with Crippen molar-refractivity contribution >= 4 is 5.91 Å². The van der Waals surface area contributed by atoms with Gasteiger partial charge in [0.1, 0.15) is 11.5 Å². The predicted molar refractivity (Wildman–Crippen MR) is 121 cm³/mol. The first-order chi connectivity index (χ1) is 16.2. The summed E-state index contributed by atoms with van der Waals surface area (Å²) in [5.74, 6) is -0.362. The fourth-order valence-electron chi connectivity index (χ4n) is 4.43. The Morgan fingerprint density at radius 2 is 1.47 bits per heavy atom. The van der Waals surface area contributed by atoms with Gasteiger partial charge in [-0.25, -0.2) is 4.68 Å². The average Bonchev–Trinajstić information content (AvgIpc) is 3.20. The quantitative estimate of drug-likeness (QED) is 0.515. The molecule has 3 aromatic rings. The summed E-state index contributed by atoms with van der Waals surface area (Å²) >= 11 is 0. The van der Waals surface area contributed by atoms with E-state index < -0.39 is 12.1 Å². The third-order valence-corrected chi connectivity index (χ3v) is 6.25. The summed E-state index contributed by atoms with van der Waals surface area (Å²) in [6, 6.07) is 15.2. The zero-order valence-corrected chi connectivity index (χ0v) is 19.2. The number of benzene rings is 2. The summed E-state index contributed by atoms with van der Waals surface area (Å²) in [6.45, 7) is 2.08. The van der Waals surface area contributed by atoms with Gasteiger partial charge in [0.25, 0.3) is 0 Å². The number of carbonyl (C=O) groups excluding carboxylic acids is 1. The molecule has 1 aliphatic rings. The molecule has 1 amide bonds. The van der Waals surface area contributed by atoms with E-state index in [9.17, 15) is 18.0 Å². The molecule has 0 spiro atoms. The summed E-state index contributed by atoms with van der Waals surface area (Å²) in [4.78, 5) is 12.5. The van der Waals surface area contributed by atoms with Gasteiger partial charge >= 0.3 is 12.1 Å². The molecule has 2 heterocycles. The smallest absolute Gasteiger partial charge is 0.471 e. The highest BCUT2D eigenvalue weighted by Crippen LogP contribution is 2.37. The van der Waals surface area contributed by atoms with Crippen LogP contribution in [0.4, 0.5) is 13.2 Å². The maximum absolute atomic E-state index is 12.8. The van der Waals surface area contributed by atoms with Crippen molar-refractivity contribution in [3.05, 3.63) is 59.8 Å². The van der Waals surface area contributed by atoms with E-state index in [4.69, 9.17) is 14.6 Å². The Morgan fingerprint density at radius 3 is 1.97 bits per heavy atom. The van der Waals surface area contributed by atoms with E-state index in [2.05, 4.69) is 0 Å². The number of hydrogen-bond donors (Lipinski definition) is 0. The van der Waals surface area contributed by atoms with Crippen LogP contribution in [0.5, 0.6) is 11.5 Å². The zero-order chi connectivity index (χ0) is 24.5. The Hall–Kier alpha value is -3.49. The fourth-order valence-corrected chi connectivity index (χ4v) is 4.43. The second-order valence-corrected chi connectivity index (χ2v) is 8.26. The van der Waals surface area contributed by atoms with Crippen LogP contribution < -0.4 is 9.47 Å². The van der Waals surface area contributed by atoms with E-state index in [0.717, 1.165) is 44.6 Å². The first kappa shape index (κ1) is 23.7. The molecular weight excluding hydrogens is 447 g/mol. The van der Waals surface area contributed by atoms with Crippen molar-refractivity contribution in [3.8, 4) is 28.4 Å². The van der Waals surface area contributed by atoms with Gasteiger partial charge in [0.15, 0.2) is 0 Å². The number of amides is 1. The SMILES string of the molecule is COc1ccc(-c2c(C)c(C3CCN(C(=O)C(F)(F)F)CC3)nn2-c2ccc(OC)cc2)cc1. The van der Waals surface area contributed by atoms with Crippen LogP contribution in [0.1, 0.15) is 30.0 Å². The van der Waals surface area contributed by atoms with E-state index in [0.29, 0.717) is 12.8 Å². The van der Waals surface area contributed by atoms with Crippen molar-refractivity contribution in [2.75, 3.05) is 27.3 Å². The van der Waals surface area contributed by atoms with Crippen molar-refractivity contribution in [2.24, 2.45) is 0 Å². The number of likely N-dealkylation sites (tertiary alicyclic amines) is 1. The van der Waals surface area contributed by atoms with Crippen LogP contribution in [0, 0.1) is 6.92 Å². The van der Waals surface area contributed by atoms with Crippen molar-refractivity contribution in [1.29, 1.82) is 0 Å². The number of carbonyl (C=O) groups is 1. The molecule has 0 aliphatic carbocycles. The van der Waals surface area contributed by atoms with Gasteiger partial charge in [-0.05, 0) is 73.9 Å². The number of alkyl halides is 3. The normalized spacial score (nSPS) is 14.8. The highest BCUT2D eigenvalue weighted by molar-refractivity contribution is 5.82. The molecule has 0 atom stereocenters. The molecule has 0 radical (unpaired) electrons. The van der Waals surface area contributed by atoms with E-state index >= 15 is 0 Å². The summed E-state index contributed by atoms with van der Waals surface area (Å²) in [5.41, 5.74) is 4.47. The van der Waals surface area contributed by atoms with Crippen LogP contribution in [0.2, 0.25) is 0 Å². The number of ether oxygens (including phenoxy) is 2. The van der Waals surface area contributed by atoms with Crippen LogP contribution in [0.15, 0.2) is 48.5 Å². The van der Waals surface area contributed by atoms with Gasteiger partial charge in [-0.1, -0.05) is 0 Å². The van der Waals surface area contributed by atoms with E-state index in [-0.39, 0.29) is 19.0 Å². The fraction of sp³-hybridized carbons (Fsp3) is 0.360. The number of rotatable bonds is 5. The van der Waals surface area contributed by atoms with Gasteiger partial charge in [0, 0.05) is 24.6 Å². The third kappa shape index (κ3) is 4.60. The van der Waals surface area contributed by atoms with Gasteiger partial charge in [-0.15, -0.1) is 0 Å². The number of piperidine rings is 1. The van der Waals surface area contributed by atoms with Crippen LogP contribution in [-0.2, 0) is 4.79 Å². The Labute approximate surface area is 195 Å². The minimum atomic E-state index is -4.85. The van der Waals surface area contributed by atoms with E-state index in [1.165, 1.54) is 0 Å². The lowest BCUT2D eigenvalue weighted by Gasteiger charge is -2.32. The molecule has 0 saturated carbocycles. The van der Waals surface area contributed by atoms with E-state index in [1.807, 2.05) is 60.1 Å². The number of methoxy groups -OCH3 is 2. The molecule has 4 rings (SSSR count). The molecule has 34 heavy (non-hydrogen) atoms. The van der Waals surface area contributed by atoms with E-state index in [1.54, 1.807) is 14.2 Å². The molecule has 1 saturated heterocycles. The first-order valence-electron chi connectivity index (χ1n) is 11.0. The molecule has 9 heteroatoms. The Balaban J connectivity index is 1.70. The summed E-state index contributed by atoms with van der Waals surface area (Å²) in [7, 11) is 3.21. The molecule has 2 aromatic carbocycles. The van der Waals surface area contributed by atoms with Gasteiger partial charge < -0.3 is 14.4 Å². The molecule has 180 valence electrons. The number of halogens is 3. The van der Waals surface area contributed by atoms with Crippen LogP contribution in [0.3, 0.4) is 0 Å². The molecule has 0 N–H and O–H groups in total. The highest BCUT2D eigenvalue weighted by atomic mass is 19.4. The Morgan fingerprint density at radius 1 is 0.941 bits per heavy atom. The lowest BCUT2D eigenvalue weighted by atomic mass is 9.90. The van der Waals surface area contributed by atoms with Crippen LogP contribution in [0.25, 0.3) is 16.9 Å². The van der Waals surface area contributed by atoms with Gasteiger partial charge in [-0.2, -0.15) is 18.3 Å². The predicted octanol–water partition coefficient (Wildman–Crippen LogP) is 5.13. The first-order valence-corrected chi connectivity index (χ1v) is 11.0. The highest BCUT2D eigenvalue weighted by Gasteiger charge is 2.43. The summed E-state index contributed by atoms with van der Waals surface area (Å²) in [6.07, 6.45) is -4.01. The lowest BCUT2D eigenvalue weighted by molar-refractivity contribution is -0.186. The maximum atomic E-state index is 12.8. The van der Waals surface area contributed by atoms with Crippen molar-refractivity contribution in [1.82, 2.24) is 14.7 Å². The molecule has 0 bridgehead atoms. The Bertz CT molecular complexity index is 1150. The van der Waals surface area contributed by atoms with Gasteiger partial charge in [-0.3, -0.25) is 4.79 Å². The Kier molecular flexibility index (Phi) is 6.54.